The summed E-state index contributed by atoms with van der Waals surface area (Å²) in [4.78, 5) is 36.7. The third kappa shape index (κ3) is 7.04. The van der Waals surface area contributed by atoms with E-state index in [1.165, 1.54) is 6.08 Å². The normalized spacial score (nSPS) is 16.1. The number of carbonyl (C=O) groups is 2. The van der Waals surface area contributed by atoms with Gasteiger partial charge in [-0.05, 0) is 38.2 Å². The van der Waals surface area contributed by atoms with Crippen molar-refractivity contribution in [3.8, 4) is 0 Å². The number of nitrogens with one attached hydrogen (secondary N) is 2. The molecule has 1 fully saturated rings. The lowest BCUT2D eigenvalue weighted by molar-refractivity contribution is -0.116. The predicted molar refractivity (Wildman–Crippen MR) is 121 cm³/mol. The largest absolute Gasteiger partial charge is 0.350 e. The zero-order chi connectivity index (χ0) is 22.2. The molecule has 2 aromatic rings. The second kappa shape index (κ2) is 10.9. The Balaban J connectivity index is 1.47. The van der Waals surface area contributed by atoms with Gasteiger partial charge >= 0.3 is 0 Å². The number of likely N-dealkylation sites (N-methyl/N-ethyl adjacent to an activating group) is 1. The van der Waals surface area contributed by atoms with Crippen molar-refractivity contribution in [3.05, 3.63) is 65.0 Å². The molecular weight excluding hydrogens is 416 g/mol. The first-order chi connectivity index (χ1) is 14.9. The Kier molecular flexibility index (Phi) is 7.97. The maximum atomic E-state index is 12.8. The molecule has 8 nitrogen and oxygen atoms in total. The van der Waals surface area contributed by atoms with Crippen LogP contribution >= 0.6 is 11.6 Å². The topological polar surface area (TPSA) is 90.5 Å². The maximum Gasteiger partial charge on any atom is 0.253 e. The molecule has 1 saturated heterocycles. The van der Waals surface area contributed by atoms with Crippen LogP contribution in [0.25, 0.3) is 0 Å². The molecule has 164 valence electrons. The van der Waals surface area contributed by atoms with Crippen LogP contribution in [0.1, 0.15) is 22.3 Å². The second-order valence-electron chi connectivity index (χ2n) is 7.69. The Bertz CT molecular complexity index is 915. The van der Waals surface area contributed by atoms with E-state index < -0.39 is 0 Å². The van der Waals surface area contributed by atoms with Gasteiger partial charge in [-0.1, -0.05) is 29.8 Å². The van der Waals surface area contributed by atoms with Crippen LogP contribution in [0, 0.1) is 0 Å². The van der Waals surface area contributed by atoms with Gasteiger partial charge in [-0.2, -0.15) is 0 Å². The van der Waals surface area contributed by atoms with Crippen LogP contribution in [0.5, 0.6) is 0 Å². The average molecular weight is 443 g/mol. The molecule has 0 radical (unpaired) electrons. The minimum atomic E-state index is -0.137. The van der Waals surface area contributed by atoms with Gasteiger partial charge in [0.2, 0.25) is 11.9 Å². The Morgan fingerprint density at radius 2 is 1.94 bits per heavy atom. The van der Waals surface area contributed by atoms with Gasteiger partial charge in [0, 0.05) is 43.9 Å². The summed E-state index contributed by atoms with van der Waals surface area (Å²) < 4.78 is 0. The Labute approximate surface area is 187 Å². The van der Waals surface area contributed by atoms with Gasteiger partial charge in [-0.15, -0.1) is 0 Å². The smallest absolute Gasteiger partial charge is 0.253 e. The minimum Gasteiger partial charge on any atom is -0.350 e. The fraction of sp³-hybridized carbons (Fsp3) is 0.364. The van der Waals surface area contributed by atoms with E-state index in [0.717, 1.165) is 12.0 Å². The van der Waals surface area contributed by atoms with Crippen LogP contribution in [0.15, 0.2) is 48.8 Å². The highest BCUT2D eigenvalue weighted by Gasteiger charge is 2.27. The second-order valence-corrected chi connectivity index (χ2v) is 8.12. The molecule has 0 aliphatic carbocycles. The molecule has 3 rings (SSSR count). The Morgan fingerprint density at radius 3 is 2.61 bits per heavy atom. The average Bonchev–Trinajstić information content (AvgIpc) is 3.22. The third-order valence-electron chi connectivity index (χ3n) is 4.84. The van der Waals surface area contributed by atoms with E-state index in [9.17, 15) is 9.59 Å². The third-order valence-corrected chi connectivity index (χ3v) is 5.03. The highest BCUT2D eigenvalue weighted by Crippen LogP contribution is 2.17. The number of rotatable bonds is 8. The highest BCUT2D eigenvalue weighted by molar-refractivity contribution is 6.30. The first-order valence-corrected chi connectivity index (χ1v) is 10.5. The number of benzene rings is 1. The van der Waals surface area contributed by atoms with E-state index in [1.807, 2.05) is 42.1 Å². The van der Waals surface area contributed by atoms with Crippen molar-refractivity contribution in [1.82, 2.24) is 25.1 Å². The van der Waals surface area contributed by atoms with Crippen molar-refractivity contribution in [1.29, 1.82) is 0 Å². The summed E-state index contributed by atoms with van der Waals surface area (Å²) in [7, 11) is 3.88. The maximum absolute atomic E-state index is 12.8. The molecule has 0 bridgehead atoms. The van der Waals surface area contributed by atoms with Gasteiger partial charge in [0.15, 0.2) is 0 Å². The number of hydrogen-bond acceptors (Lipinski definition) is 6. The van der Waals surface area contributed by atoms with Crippen molar-refractivity contribution in [2.75, 3.05) is 39.0 Å². The van der Waals surface area contributed by atoms with E-state index in [4.69, 9.17) is 11.6 Å². The number of nitrogens with zero attached hydrogens (tertiary/aromatic N) is 4. The number of anilines is 1. The molecular formula is C22H27ClN6O2. The lowest BCUT2D eigenvalue weighted by Gasteiger charge is -2.17. The molecule has 1 aliphatic heterocycles. The van der Waals surface area contributed by atoms with E-state index in [-0.39, 0.29) is 17.9 Å². The lowest BCUT2D eigenvalue weighted by Crippen LogP contribution is -2.31. The fourth-order valence-electron chi connectivity index (χ4n) is 3.20. The summed E-state index contributed by atoms with van der Waals surface area (Å²) in [6.45, 7) is 2.38. The molecule has 1 aromatic heterocycles. The minimum absolute atomic E-state index is 0.0106. The van der Waals surface area contributed by atoms with Crippen LogP contribution < -0.4 is 10.6 Å². The SMILES string of the molecule is CN(C)C/C=C/C(=O)NCc1ccc(C(=O)N2CCC(Nc3ncc(Cl)cn3)C2)cc1. The predicted octanol–water partition coefficient (Wildman–Crippen LogP) is 2.19. The monoisotopic (exact) mass is 442 g/mol. The van der Waals surface area contributed by atoms with Crippen molar-refractivity contribution in [2.45, 2.75) is 19.0 Å². The summed E-state index contributed by atoms with van der Waals surface area (Å²) in [5.74, 6) is 0.359. The number of carbonyl (C=O) groups excluding carboxylic acids is 2. The van der Waals surface area contributed by atoms with Crippen LogP contribution in [0.2, 0.25) is 5.02 Å². The van der Waals surface area contributed by atoms with Crippen LogP contribution in [0.3, 0.4) is 0 Å². The van der Waals surface area contributed by atoms with Crippen LogP contribution in [0.4, 0.5) is 5.95 Å². The van der Waals surface area contributed by atoms with Gasteiger partial charge in [-0.3, -0.25) is 9.59 Å². The standard InChI is InChI=1S/C22H27ClN6O2/c1-28(2)10-3-4-20(30)24-12-16-5-7-17(8-6-16)21(31)29-11-9-19(15-29)27-22-25-13-18(23)14-26-22/h3-8,13-14,19H,9-12,15H2,1-2H3,(H,24,30)(H,25,26,27)/b4-3+. The summed E-state index contributed by atoms with van der Waals surface area (Å²) in [5, 5.41) is 6.56. The zero-order valence-corrected chi connectivity index (χ0v) is 18.5. The summed E-state index contributed by atoms with van der Waals surface area (Å²) >= 11 is 5.81. The number of aromatic nitrogens is 2. The number of amides is 2. The van der Waals surface area contributed by atoms with E-state index in [2.05, 4.69) is 20.6 Å². The molecule has 9 heteroatoms. The van der Waals surface area contributed by atoms with Gasteiger partial charge in [0.25, 0.3) is 5.91 Å². The van der Waals surface area contributed by atoms with Crippen LogP contribution in [-0.2, 0) is 11.3 Å². The summed E-state index contributed by atoms with van der Waals surface area (Å²) in [6, 6.07) is 7.43. The molecule has 2 heterocycles. The molecule has 1 atom stereocenters. The molecule has 2 amide bonds. The summed E-state index contributed by atoms with van der Waals surface area (Å²) in [5.41, 5.74) is 1.57. The quantitative estimate of drug-likeness (QED) is 0.609. The highest BCUT2D eigenvalue weighted by atomic mass is 35.5. The Morgan fingerprint density at radius 1 is 1.23 bits per heavy atom. The van der Waals surface area contributed by atoms with Crippen molar-refractivity contribution in [3.63, 3.8) is 0 Å². The van der Waals surface area contributed by atoms with E-state index >= 15 is 0 Å². The summed E-state index contributed by atoms with van der Waals surface area (Å²) in [6.07, 6.45) is 7.25. The van der Waals surface area contributed by atoms with Crippen molar-refractivity contribution >= 4 is 29.4 Å². The van der Waals surface area contributed by atoms with Crippen molar-refractivity contribution in [2.24, 2.45) is 0 Å². The van der Waals surface area contributed by atoms with E-state index in [1.54, 1.807) is 24.5 Å². The number of hydrogen-bond donors (Lipinski definition) is 2. The first kappa shape index (κ1) is 22.7. The molecule has 0 saturated carbocycles. The molecule has 31 heavy (non-hydrogen) atoms. The Hall–Kier alpha value is -2.97. The molecule has 2 N–H and O–H groups in total. The molecule has 1 aliphatic rings. The zero-order valence-electron chi connectivity index (χ0n) is 17.7. The number of likely N-dealkylation sites (tertiary alicyclic amines) is 1. The van der Waals surface area contributed by atoms with E-state index in [0.29, 0.717) is 42.7 Å². The van der Waals surface area contributed by atoms with Gasteiger partial charge in [0.05, 0.1) is 17.4 Å². The molecule has 1 unspecified atom stereocenters. The van der Waals surface area contributed by atoms with Gasteiger partial charge in [-0.25, -0.2) is 9.97 Å². The van der Waals surface area contributed by atoms with Crippen molar-refractivity contribution < 1.29 is 9.59 Å². The van der Waals surface area contributed by atoms with Gasteiger partial charge in [0.1, 0.15) is 0 Å². The molecule has 0 spiro atoms. The first-order valence-electron chi connectivity index (χ1n) is 10.1. The number of halogens is 1. The lowest BCUT2D eigenvalue weighted by atomic mass is 10.1. The fourth-order valence-corrected chi connectivity index (χ4v) is 3.30. The van der Waals surface area contributed by atoms with Gasteiger partial charge < -0.3 is 20.4 Å². The van der Waals surface area contributed by atoms with Crippen LogP contribution in [-0.4, -0.2) is 71.4 Å². The molecule has 1 aromatic carbocycles.